The standard InChI is InChI=1S/C15H24O2/c1-15(2,3)11-14(16)13-7-5-12(6-8-13)9-10-17-4/h5-8,14,16H,9-11H2,1-4H3. The highest BCUT2D eigenvalue weighted by Gasteiger charge is 2.17. The molecule has 0 fully saturated rings. The maximum atomic E-state index is 10.1. The fourth-order valence-electron chi connectivity index (χ4n) is 1.82. The Bertz CT molecular complexity index is 322. The molecule has 0 aliphatic heterocycles. The van der Waals surface area contributed by atoms with Gasteiger partial charge >= 0.3 is 0 Å². The molecule has 1 rings (SSSR count). The molecule has 1 N–H and O–H groups in total. The van der Waals surface area contributed by atoms with Gasteiger partial charge in [0.15, 0.2) is 0 Å². The lowest BCUT2D eigenvalue weighted by atomic mass is 9.87. The quantitative estimate of drug-likeness (QED) is 0.849. The zero-order chi connectivity index (χ0) is 12.9. The van der Waals surface area contributed by atoms with Gasteiger partial charge in [0, 0.05) is 7.11 Å². The smallest absolute Gasteiger partial charge is 0.0795 e. The molecule has 0 bridgehead atoms. The topological polar surface area (TPSA) is 29.5 Å². The minimum absolute atomic E-state index is 0.147. The van der Waals surface area contributed by atoms with E-state index in [1.807, 2.05) is 12.1 Å². The van der Waals surface area contributed by atoms with Crippen molar-refractivity contribution in [3.8, 4) is 0 Å². The molecule has 96 valence electrons. The van der Waals surface area contributed by atoms with Gasteiger partial charge in [0.1, 0.15) is 0 Å². The number of benzene rings is 1. The van der Waals surface area contributed by atoms with Gasteiger partial charge in [-0.1, -0.05) is 45.0 Å². The van der Waals surface area contributed by atoms with Crippen molar-refractivity contribution in [3.05, 3.63) is 35.4 Å². The van der Waals surface area contributed by atoms with Crippen molar-refractivity contribution in [1.29, 1.82) is 0 Å². The fourth-order valence-corrected chi connectivity index (χ4v) is 1.82. The molecule has 1 unspecified atom stereocenters. The summed E-state index contributed by atoms with van der Waals surface area (Å²) in [5, 5.41) is 10.1. The van der Waals surface area contributed by atoms with E-state index in [9.17, 15) is 5.11 Å². The van der Waals surface area contributed by atoms with Gasteiger partial charge in [-0.2, -0.15) is 0 Å². The van der Waals surface area contributed by atoms with Crippen molar-refractivity contribution in [1.82, 2.24) is 0 Å². The molecule has 0 heterocycles. The van der Waals surface area contributed by atoms with Crippen molar-refractivity contribution in [2.75, 3.05) is 13.7 Å². The van der Waals surface area contributed by atoms with E-state index >= 15 is 0 Å². The predicted octanol–water partition coefficient (Wildman–Crippen LogP) is 3.35. The average molecular weight is 236 g/mol. The Kier molecular flexibility index (Phi) is 5.16. The van der Waals surface area contributed by atoms with Crippen LogP contribution < -0.4 is 0 Å². The Morgan fingerprint density at radius 1 is 1.18 bits per heavy atom. The summed E-state index contributed by atoms with van der Waals surface area (Å²) in [6.45, 7) is 7.17. The van der Waals surface area contributed by atoms with Crippen LogP contribution in [0.3, 0.4) is 0 Å². The third kappa shape index (κ3) is 5.33. The van der Waals surface area contributed by atoms with E-state index in [4.69, 9.17) is 4.74 Å². The Morgan fingerprint density at radius 3 is 2.24 bits per heavy atom. The number of rotatable bonds is 5. The molecule has 1 aromatic carbocycles. The first kappa shape index (κ1) is 14.2. The summed E-state index contributed by atoms with van der Waals surface area (Å²) in [5.74, 6) is 0. The summed E-state index contributed by atoms with van der Waals surface area (Å²) < 4.78 is 5.04. The molecule has 1 atom stereocenters. The van der Waals surface area contributed by atoms with E-state index in [1.54, 1.807) is 7.11 Å². The van der Waals surface area contributed by atoms with Crippen LogP contribution in [0, 0.1) is 5.41 Å². The van der Waals surface area contributed by atoms with E-state index < -0.39 is 0 Å². The Balaban J connectivity index is 2.60. The summed E-state index contributed by atoms with van der Waals surface area (Å²) in [4.78, 5) is 0. The van der Waals surface area contributed by atoms with Crippen molar-refractivity contribution in [2.45, 2.75) is 39.7 Å². The van der Waals surface area contributed by atoms with Crippen LogP contribution >= 0.6 is 0 Å². The second-order valence-corrected chi connectivity index (χ2v) is 5.76. The maximum absolute atomic E-state index is 10.1. The van der Waals surface area contributed by atoms with Gasteiger partial charge < -0.3 is 9.84 Å². The van der Waals surface area contributed by atoms with Gasteiger partial charge in [-0.05, 0) is 29.4 Å². The van der Waals surface area contributed by atoms with Crippen LogP contribution in [-0.4, -0.2) is 18.8 Å². The van der Waals surface area contributed by atoms with E-state index in [1.165, 1.54) is 5.56 Å². The predicted molar refractivity (Wildman–Crippen MR) is 71.1 cm³/mol. The maximum Gasteiger partial charge on any atom is 0.0795 e. The molecule has 0 aromatic heterocycles. The molecular formula is C15H24O2. The summed E-state index contributed by atoms with van der Waals surface area (Å²) in [6, 6.07) is 8.17. The first-order valence-corrected chi connectivity index (χ1v) is 6.18. The molecule has 0 aliphatic rings. The number of methoxy groups -OCH3 is 1. The van der Waals surface area contributed by atoms with Crippen LogP contribution in [0.15, 0.2) is 24.3 Å². The van der Waals surface area contributed by atoms with Gasteiger partial charge in [0.2, 0.25) is 0 Å². The molecule has 0 saturated carbocycles. The lowest BCUT2D eigenvalue weighted by Gasteiger charge is -2.22. The molecule has 2 heteroatoms. The Morgan fingerprint density at radius 2 is 1.76 bits per heavy atom. The number of hydrogen-bond acceptors (Lipinski definition) is 2. The van der Waals surface area contributed by atoms with E-state index in [0.717, 1.165) is 25.0 Å². The van der Waals surface area contributed by atoms with Gasteiger partial charge in [0.25, 0.3) is 0 Å². The van der Waals surface area contributed by atoms with Crippen molar-refractivity contribution < 1.29 is 9.84 Å². The lowest BCUT2D eigenvalue weighted by molar-refractivity contribution is 0.122. The molecule has 0 spiro atoms. The van der Waals surface area contributed by atoms with Crippen LogP contribution in [0.2, 0.25) is 0 Å². The molecule has 0 saturated heterocycles. The molecule has 1 aromatic rings. The van der Waals surface area contributed by atoms with Crippen LogP contribution in [0.4, 0.5) is 0 Å². The van der Waals surface area contributed by atoms with Gasteiger partial charge in [-0.25, -0.2) is 0 Å². The second kappa shape index (κ2) is 6.18. The molecule has 0 amide bonds. The first-order chi connectivity index (χ1) is 7.92. The second-order valence-electron chi connectivity index (χ2n) is 5.76. The number of ether oxygens (including phenoxy) is 1. The zero-order valence-electron chi connectivity index (χ0n) is 11.4. The normalized spacial score (nSPS) is 13.7. The van der Waals surface area contributed by atoms with E-state index in [-0.39, 0.29) is 11.5 Å². The molecule has 0 aliphatic carbocycles. The first-order valence-electron chi connectivity index (χ1n) is 6.18. The van der Waals surface area contributed by atoms with Gasteiger partial charge in [0.05, 0.1) is 12.7 Å². The highest BCUT2D eigenvalue weighted by atomic mass is 16.5. The van der Waals surface area contributed by atoms with Crippen LogP contribution in [0.5, 0.6) is 0 Å². The van der Waals surface area contributed by atoms with Gasteiger partial charge in [-0.15, -0.1) is 0 Å². The summed E-state index contributed by atoms with van der Waals surface area (Å²) >= 11 is 0. The van der Waals surface area contributed by atoms with E-state index in [2.05, 4.69) is 32.9 Å². The lowest BCUT2D eigenvalue weighted by Crippen LogP contribution is -2.11. The third-order valence-corrected chi connectivity index (χ3v) is 2.77. The SMILES string of the molecule is COCCc1ccc(C(O)CC(C)(C)C)cc1. The van der Waals surface area contributed by atoms with Crippen LogP contribution in [-0.2, 0) is 11.2 Å². The van der Waals surface area contributed by atoms with Crippen LogP contribution in [0.1, 0.15) is 44.4 Å². The minimum Gasteiger partial charge on any atom is -0.388 e. The minimum atomic E-state index is -0.369. The summed E-state index contributed by atoms with van der Waals surface area (Å²) in [6.07, 6.45) is 1.34. The number of aliphatic hydroxyl groups is 1. The molecule has 17 heavy (non-hydrogen) atoms. The molecule has 2 nitrogen and oxygen atoms in total. The Labute approximate surface area is 105 Å². The summed E-state index contributed by atoms with van der Waals surface area (Å²) in [7, 11) is 1.71. The van der Waals surface area contributed by atoms with Crippen molar-refractivity contribution in [3.63, 3.8) is 0 Å². The van der Waals surface area contributed by atoms with Crippen molar-refractivity contribution >= 4 is 0 Å². The van der Waals surface area contributed by atoms with Crippen molar-refractivity contribution in [2.24, 2.45) is 5.41 Å². The zero-order valence-corrected chi connectivity index (χ0v) is 11.4. The highest BCUT2D eigenvalue weighted by Crippen LogP contribution is 2.29. The largest absolute Gasteiger partial charge is 0.388 e. The monoisotopic (exact) mass is 236 g/mol. The fraction of sp³-hybridized carbons (Fsp3) is 0.600. The van der Waals surface area contributed by atoms with E-state index in [0.29, 0.717) is 0 Å². The number of aliphatic hydroxyl groups excluding tert-OH is 1. The average Bonchev–Trinajstić information content (AvgIpc) is 2.24. The molecular weight excluding hydrogens is 212 g/mol. The summed E-state index contributed by atoms with van der Waals surface area (Å²) in [5.41, 5.74) is 2.40. The number of hydrogen-bond donors (Lipinski definition) is 1. The molecule has 0 radical (unpaired) electrons. The van der Waals surface area contributed by atoms with Crippen LogP contribution in [0.25, 0.3) is 0 Å². The highest BCUT2D eigenvalue weighted by molar-refractivity contribution is 5.24. The Hall–Kier alpha value is -0.860. The van der Waals surface area contributed by atoms with Gasteiger partial charge in [-0.3, -0.25) is 0 Å². The third-order valence-electron chi connectivity index (χ3n) is 2.77.